The van der Waals surface area contributed by atoms with E-state index < -0.39 is 0 Å². The highest BCUT2D eigenvalue weighted by Crippen LogP contribution is 1.95. The standard InChI is InChI=1S/C8H18Si/c1-4-5-6-7-8-9(2)3/h8H,4-7H2,1-3H3. The van der Waals surface area contributed by atoms with Gasteiger partial charge in [-0.15, -0.1) is 5.67 Å². The maximum Gasteiger partial charge on any atom is -0.00133 e. The van der Waals surface area contributed by atoms with Gasteiger partial charge in [0.25, 0.3) is 0 Å². The van der Waals surface area contributed by atoms with Crippen molar-refractivity contribution >= 4 is 14.1 Å². The van der Waals surface area contributed by atoms with Crippen LogP contribution in [-0.4, -0.2) is 14.1 Å². The van der Waals surface area contributed by atoms with Gasteiger partial charge in [-0.1, -0.05) is 39.3 Å². The van der Waals surface area contributed by atoms with Crippen LogP contribution in [-0.2, 0) is 0 Å². The van der Waals surface area contributed by atoms with Gasteiger partial charge >= 0.3 is 0 Å². The fourth-order valence-corrected chi connectivity index (χ4v) is 1.57. The van der Waals surface area contributed by atoms with Crippen LogP contribution >= 0.6 is 0 Å². The molecule has 0 amide bonds. The Kier molecular flexibility index (Phi) is 6.27. The highest BCUT2D eigenvalue weighted by Gasteiger charge is 1.81. The second-order valence-corrected chi connectivity index (χ2v) is 5.34. The van der Waals surface area contributed by atoms with Crippen LogP contribution in [0.2, 0.25) is 13.1 Å². The summed E-state index contributed by atoms with van der Waals surface area (Å²) in [4.78, 5) is 0. The van der Waals surface area contributed by atoms with E-state index in [0.29, 0.717) is 0 Å². The Balaban J connectivity index is 3.00. The smallest absolute Gasteiger partial charge is 0.00133 e. The Morgan fingerprint density at radius 3 is 2.33 bits per heavy atom. The first-order chi connectivity index (χ1) is 4.27. The van der Waals surface area contributed by atoms with Crippen LogP contribution < -0.4 is 0 Å². The van der Waals surface area contributed by atoms with Crippen molar-refractivity contribution in [3.63, 3.8) is 0 Å². The molecule has 0 saturated heterocycles. The predicted octanol–water partition coefficient (Wildman–Crippen LogP) is 2.71. The Labute approximate surface area is 60.5 Å². The number of rotatable bonds is 4. The molecule has 0 atom stereocenters. The lowest BCUT2D eigenvalue weighted by atomic mass is 10.2. The van der Waals surface area contributed by atoms with E-state index in [-0.39, 0.29) is 8.41 Å². The predicted molar refractivity (Wildman–Crippen MR) is 47.7 cm³/mol. The summed E-state index contributed by atoms with van der Waals surface area (Å²) in [6.07, 6.45) is 5.52. The van der Waals surface area contributed by atoms with Gasteiger partial charge in [-0.2, -0.15) is 0 Å². The maximum absolute atomic E-state index is 2.50. The molecule has 0 bridgehead atoms. The third-order valence-corrected chi connectivity index (χ3v) is 2.47. The minimum absolute atomic E-state index is 0.0401. The molecule has 54 valence electrons. The average molecular weight is 142 g/mol. The largest absolute Gasteiger partial charge is 0.104 e. The second-order valence-electron chi connectivity index (χ2n) is 2.78. The molecule has 0 aliphatic carbocycles. The molecule has 0 heterocycles. The van der Waals surface area contributed by atoms with Crippen LogP contribution in [0.3, 0.4) is 0 Å². The molecule has 9 heavy (non-hydrogen) atoms. The molecule has 0 saturated carbocycles. The van der Waals surface area contributed by atoms with Crippen molar-refractivity contribution < 1.29 is 0 Å². The van der Waals surface area contributed by atoms with Crippen molar-refractivity contribution in [2.75, 3.05) is 0 Å². The van der Waals surface area contributed by atoms with Gasteiger partial charge in [0, 0.05) is 0 Å². The van der Waals surface area contributed by atoms with Crippen LogP contribution in [0.5, 0.6) is 0 Å². The highest BCUT2D eigenvalue weighted by atomic mass is 28.2. The van der Waals surface area contributed by atoms with E-state index in [9.17, 15) is 0 Å². The number of hydrogen-bond acceptors (Lipinski definition) is 0. The molecule has 0 aromatic carbocycles. The zero-order valence-electron chi connectivity index (χ0n) is 6.91. The highest BCUT2D eigenvalue weighted by molar-refractivity contribution is 6.63. The van der Waals surface area contributed by atoms with Gasteiger partial charge in [-0.25, -0.2) is 0 Å². The van der Waals surface area contributed by atoms with Crippen molar-refractivity contribution in [2.45, 2.75) is 45.7 Å². The maximum atomic E-state index is 2.50. The van der Waals surface area contributed by atoms with Crippen LogP contribution in [0.15, 0.2) is 0 Å². The van der Waals surface area contributed by atoms with Crippen LogP contribution in [0, 0.1) is 0 Å². The molecule has 0 rings (SSSR count). The first-order valence-electron chi connectivity index (χ1n) is 3.90. The van der Waals surface area contributed by atoms with Crippen molar-refractivity contribution in [1.82, 2.24) is 0 Å². The van der Waals surface area contributed by atoms with Gasteiger partial charge in [0.2, 0.25) is 0 Å². The summed E-state index contributed by atoms with van der Waals surface area (Å²) in [5.41, 5.74) is 2.50. The summed E-state index contributed by atoms with van der Waals surface area (Å²) in [5.74, 6) is 0. The normalized spacial score (nSPS) is 9.22. The van der Waals surface area contributed by atoms with E-state index in [1.807, 2.05) is 0 Å². The first-order valence-corrected chi connectivity index (χ1v) is 6.48. The van der Waals surface area contributed by atoms with Gasteiger partial charge in [-0.3, -0.25) is 0 Å². The summed E-state index contributed by atoms with van der Waals surface area (Å²) in [6, 6.07) is 0. The van der Waals surface area contributed by atoms with E-state index in [2.05, 4.69) is 25.7 Å². The Bertz CT molecular complexity index is 80.6. The summed E-state index contributed by atoms with van der Waals surface area (Å²) >= 11 is 0. The van der Waals surface area contributed by atoms with E-state index in [0.717, 1.165) is 0 Å². The van der Waals surface area contributed by atoms with E-state index >= 15 is 0 Å². The van der Waals surface area contributed by atoms with Crippen molar-refractivity contribution in [3.05, 3.63) is 0 Å². The number of hydrogen-bond donors (Lipinski definition) is 0. The summed E-state index contributed by atoms with van der Waals surface area (Å²) in [6.45, 7) is 6.94. The summed E-state index contributed by atoms with van der Waals surface area (Å²) < 4.78 is 0. The first kappa shape index (κ1) is 9.09. The zero-order valence-corrected chi connectivity index (χ0v) is 7.91. The van der Waals surface area contributed by atoms with Crippen molar-refractivity contribution in [1.29, 1.82) is 0 Å². The van der Waals surface area contributed by atoms with E-state index in [4.69, 9.17) is 0 Å². The minimum atomic E-state index is -0.0401. The number of unbranched alkanes of at least 4 members (excludes halogenated alkanes) is 3. The average Bonchev–Trinajstić information content (AvgIpc) is 1.80. The molecule has 0 aromatic heterocycles. The Hall–Kier alpha value is 0.0869. The molecule has 0 unspecified atom stereocenters. The summed E-state index contributed by atoms with van der Waals surface area (Å²) in [7, 11) is -0.0401. The molecule has 0 aliphatic rings. The van der Waals surface area contributed by atoms with Crippen molar-refractivity contribution in [3.8, 4) is 0 Å². The molecule has 0 radical (unpaired) electrons. The van der Waals surface area contributed by atoms with E-state index in [1.54, 1.807) is 0 Å². The molecule has 0 fully saturated rings. The monoisotopic (exact) mass is 142 g/mol. The molecule has 0 aliphatic heterocycles. The van der Waals surface area contributed by atoms with Crippen molar-refractivity contribution in [2.24, 2.45) is 0 Å². The molecule has 0 N–H and O–H groups in total. The fourth-order valence-electron chi connectivity index (χ4n) is 0.785. The summed E-state index contributed by atoms with van der Waals surface area (Å²) in [5, 5.41) is 0. The SMILES string of the molecule is CCCCCC=[Si](C)C. The quantitative estimate of drug-likeness (QED) is 0.418. The van der Waals surface area contributed by atoms with Gasteiger partial charge < -0.3 is 0 Å². The van der Waals surface area contributed by atoms with Gasteiger partial charge in [0.05, 0.1) is 0 Å². The lowest BCUT2D eigenvalue weighted by Crippen LogP contribution is -1.90. The van der Waals surface area contributed by atoms with Crippen LogP contribution in [0.25, 0.3) is 0 Å². The third-order valence-electron chi connectivity index (χ3n) is 1.36. The lowest BCUT2D eigenvalue weighted by Gasteiger charge is -1.91. The van der Waals surface area contributed by atoms with Crippen LogP contribution in [0.4, 0.5) is 0 Å². The van der Waals surface area contributed by atoms with Gasteiger partial charge in [-0.05, 0) is 14.8 Å². The molecule has 1 heteroatoms. The van der Waals surface area contributed by atoms with E-state index in [1.165, 1.54) is 25.7 Å². The molecule has 0 aromatic rings. The molecule has 0 spiro atoms. The lowest BCUT2D eigenvalue weighted by molar-refractivity contribution is 0.748. The second kappa shape index (κ2) is 6.21. The fraction of sp³-hybridized carbons (Fsp3) is 0.875. The molecular weight excluding hydrogens is 124 g/mol. The topological polar surface area (TPSA) is 0 Å². The zero-order chi connectivity index (χ0) is 7.11. The minimum Gasteiger partial charge on any atom is -0.104 e. The van der Waals surface area contributed by atoms with Gasteiger partial charge in [0.1, 0.15) is 0 Å². The Morgan fingerprint density at radius 2 is 1.89 bits per heavy atom. The third kappa shape index (κ3) is 8.09. The van der Waals surface area contributed by atoms with Crippen LogP contribution in [0.1, 0.15) is 32.6 Å². The Morgan fingerprint density at radius 1 is 1.22 bits per heavy atom. The molecular formula is C8H18Si. The van der Waals surface area contributed by atoms with Gasteiger partial charge in [0.15, 0.2) is 0 Å². The molecule has 0 nitrogen and oxygen atoms in total.